The Balaban J connectivity index is 1.66. The molecule has 0 amide bonds. The predicted octanol–water partition coefficient (Wildman–Crippen LogP) is 2.39. The lowest BCUT2D eigenvalue weighted by atomic mass is 10.1. The molecule has 3 rings (SSSR count). The molecule has 1 aromatic rings. The van der Waals surface area contributed by atoms with Gasteiger partial charge in [0.25, 0.3) is 0 Å². The zero-order valence-electron chi connectivity index (χ0n) is 10.1. The van der Waals surface area contributed by atoms with Gasteiger partial charge in [-0.05, 0) is 37.1 Å². The lowest BCUT2D eigenvalue weighted by molar-refractivity contribution is 0.755. The number of nitrogens with zero attached hydrogens (tertiary/aromatic N) is 1. The Morgan fingerprint density at radius 3 is 2.53 bits per heavy atom. The van der Waals surface area contributed by atoms with Crippen LogP contribution in [0.25, 0.3) is 0 Å². The highest BCUT2D eigenvalue weighted by Gasteiger charge is 2.14. The minimum Gasteiger partial charge on any atom is -0.382 e. The van der Waals surface area contributed by atoms with Crippen molar-refractivity contribution in [1.29, 1.82) is 0 Å². The second kappa shape index (κ2) is 4.78. The largest absolute Gasteiger partial charge is 0.382 e. The first-order valence-corrected chi connectivity index (χ1v) is 6.57. The molecule has 0 radical (unpaired) electrons. The molecule has 90 valence electrons. The SMILES string of the molecule is c1cc(C2=NCCN2)ccc1NC1CCCC1. The van der Waals surface area contributed by atoms with Crippen molar-refractivity contribution in [1.82, 2.24) is 5.32 Å². The van der Waals surface area contributed by atoms with E-state index in [1.807, 2.05) is 0 Å². The van der Waals surface area contributed by atoms with Crippen LogP contribution in [-0.4, -0.2) is 25.0 Å². The maximum absolute atomic E-state index is 4.42. The average Bonchev–Trinajstić information content (AvgIpc) is 3.01. The molecular formula is C14H19N3. The zero-order valence-corrected chi connectivity index (χ0v) is 10.1. The maximum Gasteiger partial charge on any atom is 0.128 e. The Labute approximate surface area is 102 Å². The number of amidine groups is 1. The van der Waals surface area contributed by atoms with E-state index in [4.69, 9.17) is 0 Å². The van der Waals surface area contributed by atoms with Crippen molar-refractivity contribution in [2.45, 2.75) is 31.7 Å². The molecule has 1 aliphatic carbocycles. The van der Waals surface area contributed by atoms with Gasteiger partial charge in [-0.25, -0.2) is 0 Å². The summed E-state index contributed by atoms with van der Waals surface area (Å²) < 4.78 is 0. The number of hydrogen-bond acceptors (Lipinski definition) is 3. The number of nitrogens with one attached hydrogen (secondary N) is 2. The molecule has 2 N–H and O–H groups in total. The van der Waals surface area contributed by atoms with E-state index >= 15 is 0 Å². The fraction of sp³-hybridized carbons (Fsp3) is 0.500. The minimum atomic E-state index is 0.683. The molecular weight excluding hydrogens is 210 g/mol. The van der Waals surface area contributed by atoms with Crippen LogP contribution < -0.4 is 10.6 Å². The summed E-state index contributed by atoms with van der Waals surface area (Å²) in [5.74, 6) is 1.04. The number of anilines is 1. The summed E-state index contributed by atoms with van der Waals surface area (Å²) in [6.07, 6.45) is 5.37. The molecule has 0 saturated heterocycles. The maximum atomic E-state index is 4.42. The van der Waals surface area contributed by atoms with Gasteiger partial charge in [0, 0.05) is 23.8 Å². The Bertz CT molecular complexity index is 402. The summed E-state index contributed by atoms with van der Waals surface area (Å²) in [7, 11) is 0. The van der Waals surface area contributed by atoms with E-state index < -0.39 is 0 Å². The first-order valence-electron chi connectivity index (χ1n) is 6.57. The number of rotatable bonds is 3. The number of benzene rings is 1. The van der Waals surface area contributed by atoms with Crippen molar-refractivity contribution in [3.05, 3.63) is 29.8 Å². The van der Waals surface area contributed by atoms with Crippen molar-refractivity contribution in [2.75, 3.05) is 18.4 Å². The summed E-state index contributed by atoms with van der Waals surface area (Å²) in [4.78, 5) is 4.42. The van der Waals surface area contributed by atoms with Crippen molar-refractivity contribution < 1.29 is 0 Å². The third-order valence-electron chi connectivity index (χ3n) is 3.56. The van der Waals surface area contributed by atoms with Gasteiger partial charge < -0.3 is 10.6 Å². The summed E-state index contributed by atoms with van der Waals surface area (Å²) in [5.41, 5.74) is 2.43. The first-order chi connectivity index (χ1) is 8.42. The van der Waals surface area contributed by atoms with E-state index in [9.17, 15) is 0 Å². The fourth-order valence-electron chi connectivity index (χ4n) is 2.62. The molecule has 1 fully saturated rings. The zero-order chi connectivity index (χ0) is 11.5. The molecule has 0 bridgehead atoms. The molecule has 1 aromatic carbocycles. The third-order valence-corrected chi connectivity index (χ3v) is 3.56. The number of aliphatic imine (C=N–C) groups is 1. The second-order valence-corrected chi connectivity index (χ2v) is 4.86. The third kappa shape index (κ3) is 2.43. The van der Waals surface area contributed by atoms with Gasteiger partial charge in [-0.2, -0.15) is 0 Å². The monoisotopic (exact) mass is 229 g/mol. The lowest BCUT2D eigenvalue weighted by Crippen LogP contribution is -2.19. The smallest absolute Gasteiger partial charge is 0.128 e. The van der Waals surface area contributed by atoms with E-state index in [2.05, 4.69) is 39.9 Å². The molecule has 0 atom stereocenters. The summed E-state index contributed by atoms with van der Waals surface area (Å²) in [6, 6.07) is 9.30. The average molecular weight is 229 g/mol. The normalized spacial score (nSPS) is 20.1. The quantitative estimate of drug-likeness (QED) is 0.835. The molecule has 17 heavy (non-hydrogen) atoms. The Kier molecular flexibility index (Phi) is 2.99. The van der Waals surface area contributed by atoms with E-state index in [-0.39, 0.29) is 0 Å². The van der Waals surface area contributed by atoms with Crippen LogP contribution in [0.5, 0.6) is 0 Å². The standard InChI is InChI=1S/C14H19N3/c1-2-4-12(3-1)17-13-7-5-11(6-8-13)14-15-9-10-16-14/h5-8,12,17H,1-4,9-10H2,(H,15,16). The minimum absolute atomic E-state index is 0.683. The van der Waals surface area contributed by atoms with Crippen LogP contribution in [0.4, 0.5) is 5.69 Å². The van der Waals surface area contributed by atoms with Crippen LogP contribution in [-0.2, 0) is 0 Å². The molecule has 1 aliphatic heterocycles. The van der Waals surface area contributed by atoms with Crippen molar-refractivity contribution >= 4 is 11.5 Å². The summed E-state index contributed by atoms with van der Waals surface area (Å²) in [6.45, 7) is 1.87. The van der Waals surface area contributed by atoms with Crippen LogP contribution in [0, 0.1) is 0 Å². The first kappa shape index (κ1) is 10.6. The van der Waals surface area contributed by atoms with Gasteiger partial charge in [-0.15, -0.1) is 0 Å². The molecule has 3 heteroatoms. The number of hydrogen-bond donors (Lipinski definition) is 2. The van der Waals surface area contributed by atoms with Gasteiger partial charge >= 0.3 is 0 Å². The van der Waals surface area contributed by atoms with Gasteiger partial charge in [0.05, 0.1) is 6.54 Å². The molecule has 3 nitrogen and oxygen atoms in total. The Hall–Kier alpha value is -1.51. The fourth-order valence-corrected chi connectivity index (χ4v) is 2.62. The molecule has 0 unspecified atom stereocenters. The molecule has 0 aromatic heterocycles. The van der Waals surface area contributed by atoms with Crippen LogP contribution in [0.1, 0.15) is 31.2 Å². The van der Waals surface area contributed by atoms with Crippen molar-refractivity contribution in [3.8, 4) is 0 Å². The van der Waals surface area contributed by atoms with E-state index in [1.165, 1.54) is 36.9 Å². The Morgan fingerprint density at radius 2 is 1.88 bits per heavy atom. The van der Waals surface area contributed by atoms with Crippen LogP contribution in [0.2, 0.25) is 0 Å². The highest BCUT2D eigenvalue weighted by atomic mass is 15.1. The van der Waals surface area contributed by atoms with E-state index in [1.54, 1.807) is 0 Å². The molecule has 2 aliphatic rings. The van der Waals surface area contributed by atoms with Gasteiger partial charge in [0.15, 0.2) is 0 Å². The van der Waals surface area contributed by atoms with E-state index in [0.29, 0.717) is 6.04 Å². The van der Waals surface area contributed by atoms with Crippen LogP contribution >= 0.6 is 0 Å². The van der Waals surface area contributed by atoms with Crippen LogP contribution in [0.15, 0.2) is 29.3 Å². The predicted molar refractivity (Wildman–Crippen MR) is 71.7 cm³/mol. The lowest BCUT2D eigenvalue weighted by Gasteiger charge is -2.13. The highest BCUT2D eigenvalue weighted by Crippen LogP contribution is 2.22. The van der Waals surface area contributed by atoms with Gasteiger partial charge in [-0.3, -0.25) is 4.99 Å². The highest BCUT2D eigenvalue weighted by molar-refractivity contribution is 5.99. The Morgan fingerprint density at radius 1 is 1.12 bits per heavy atom. The van der Waals surface area contributed by atoms with Crippen molar-refractivity contribution in [2.24, 2.45) is 4.99 Å². The molecule has 0 spiro atoms. The summed E-state index contributed by atoms with van der Waals surface area (Å²) in [5, 5.41) is 6.89. The van der Waals surface area contributed by atoms with Gasteiger partial charge in [0.2, 0.25) is 0 Å². The van der Waals surface area contributed by atoms with Gasteiger partial charge in [0.1, 0.15) is 5.84 Å². The summed E-state index contributed by atoms with van der Waals surface area (Å²) >= 11 is 0. The molecule has 1 saturated carbocycles. The van der Waals surface area contributed by atoms with E-state index in [0.717, 1.165) is 18.9 Å². The topological polar surface area (TPSA) is 36.4 Å². The second-order valence-electron chi connectivity index (χ2n) is 4.86. The van der Waals surface area contributed by atoms with Gasteiger partial charge in [-0.1, -0.05) is 12.8 Å². The van der Waals surface area contributed by atoms with Crippen LogP contribution in [0.3, 0.4) is 0 Å². The molecule has 1 heterocycles. The van der Waals surface area contributed by atoms with Crippen molar-refractivity contribution in [3.63, 3.8) is 0 Å².